The molecule has 0 heterocycles. The lowest BCUT2D eigenvalue weighted by molar-refractivity contribution is -0.121. The zero-order chi connectivity index (χ0) is 11.8. The third-order valence-electron chi connectivity index (χ3n) is 3.37. The van der Waals surface area contributed by atoms with Gasteiger partial charge in [0, 0.05) is 13.0 Å². The van der Waals surface area contributed by atoms with E-state index in [1.165, 1.54) is 32.1 Å². The van der Waals surface area contributed by atoms with Crippen LogP contribution in [0.5, 0.6) is 0 Å². The number of hydrogen-bond donors (Lipinski definition) is 2. The average Bonchev–Trinajstić information content (AvgIpc) is 2.34. The third kappa shape index (κ3) is 4.94. The number of hydrazine groups is 1. The van der Waals surface area contributed by atoms with Gasteiger partial charge in [0.15, 0.2) is 0 Å². The normalized spacial score (nSPS) is 25.4. The fourth-order valence-corrected chi connectivity index (χ4v) is 2.32. The molecule has 0 bridgehead atoms. The molecular weight excluding hydrogens is 204 g/mol. The molecule has 0 radical (unpaired) electrons. The third-order valence-corrected chi connectivity index (χ3v) is 3.37. The molecule has 1 aliphatic rings. The zero-order valence-corrected chi connectivity index (χ0v) is 10.2. The van der Waals surface area contributed by atoms with E-state index >= 15 is 0 Å². The Hall–Kier alpha value is -0.610. The molecule has 1 saturated carbocycles. The molecule has 0 saturated heterocycles. The Kier molecular flexibility index (Phi) is 6.42. The van der Waals surface area contributed by atoms with Crippen molar-refractivity contribution in [2.24, 2.45) is 11.8 Å². The maximum atomic E-state index is 10.9. The van der Waals surface area contributed by atoms with Crippen molar-refractivity contribution in [1.29, 1.82) is 0 Å². The number of ether oxygens (including phenoxy) is 1. The standard InChI is InChI=1S/C12H24N2O2/c1-2-10-5-3-6-11(9-10)16-8-4-7-12(15)14-13/h10-11H,2-9,13H2,1H3,(H,14,15). The number of nitrogens with one attached hydrogen (secondary N) is 1. The Morgan fingerprint density at radius 2 is 2.31 bits per heavy atom. The molecule has 0 aromatic rings. The first-order valence-corrected chi connectivity index (χ1v) is 6.37. The highest BCUT2D eigenvalue weighted by Gasteiger charge is 2.20. The van der Waals surface area contributed by atoms with E-state index in [1.807, 2.05) is 0 Å². The van der Waals surface area contributed by atoms with Gasteiger partial charge in [0.2, 0.25) is 5.91 Å². The topological polar surface area (TPSA) is 64.3 Å². The molecule has 94 valence electrons. The molecule has 0 aliphatic heterocycles. The first-order valence-electron chi connectivity index (χ1n) is 6.37. The summed E-state index contributed by atoms with van der Waals surface area (Å²) in [6.45, 7) is 2.92. The summed E-state index contributed by atoms with van der Waals surface area (Å²) in [4.78, 5) is 10.9. The summed E-state index contributed by atoms with van der Waals surface area (Å²) in [5.41, 5.74) is 2.13. The summed E-state index contributed by atoms with van der Waals surface area (Å²) >= 11 is 0. The number of hydrogen-bond acceptors (Lipinski definition) is 3. The van der Waals surface area contributed by atoms with Crippen molar-refractivity contribution in [2.75, 3.05) is 6.61 Å². The highest BCUT2D eigenvalue weighted by molar-refractivity contribution is 5.75. The van der Waals surface area contributed by atoms with Gasteiger partial charge in [-0.1, -0.05) is 26.2 Å². The molecule has 1 aliphatic carbocycles. The van der Waals surface area contributed by atoms with Crippen LogP contribution in [-0.2, 0) is 9.53 Å². The number of carbonyl (C=O) groups is 1. The fourth-order valence-electron chi connectivity index (χ4n) is 2.32. The van der Waals surface area contributed by atoms with Gasteiger partial charge in [0.1, 0.15) is 0 Å². The molecule has 2 atom stereocenters. The van der Waals surface area contributed by atoms with Crippen LogP contribution in [0, 0.1) is 5.92 Å². The van der Waals surface area contributed by atoms with Gasteiger partial charge in [0.05, 0.1) is 6.10 Å². The minimum Gasteiger partial charge on any atom is -0.378 e. The summed E-state index contributed by atoms with van der Waals surface area (Å²) in [7, 11) is 0. The molecule has 1 amide bonds. The minimum atomic E-state index is -0.112. The molecule has 16 heavy (non-hydrogen) atoms. The van der Waals surface area contributed by atoms with Crippen LogP contribution in [0.2, 0.25) is 0 Å². The minimum absolute atomic E-state index is 0.112. The predicted molar refractivity (Wildman–Crippen MR) is 63.6 cm³/mol. The second-order valence-electron chi connectivity index (χ2n) is 4.60. The Morgan fingerprint density at radius 1 is 1.50 bits per heavy atom. The van der Waals surface area contributed by atoms with Gasteiger partial charge in [0.25, 0.3) is 0 Å². The molecule has 1 rings (SSSR count). The Balaban J connectivity index is 2.06. The fraction of sp³-hybridized carbons (Fsp3) is 0.917. The van der Waals surface area contributed by atoms with Gasteiger partial charge in [-0.15, -0.1) is 0 Å². The largest absolute Gasteiger partial charge is 0.378 e. The molecule has 4 nitrogen and oxygen atoms in total. The Bertz CT molecular complexity index is 209. The Morgan fingerprint density at radius 3 is 3.00 bits per heavy atom. The van der Waals surface area contributed by atoms with E-state index in [9.17, 15) is 4.79 Å². The number of nitrogens with two attached hydrogens (primary N) is 1. The predicted octanol–water partition coefficient (Wildman–Crippen LogP) is 1.74. The molecular formula is C12H24N2O2. The lowest BCUT2D eigenvalue weighted by Gasteiger charge is -2.28. The molecule has 0 aromatic heterocycles. The van der Waals surface area contributed by atoms with Crippen LogP contribution < -0.4 is 11.3 Å². The van der Waals surface area contributed by atoms with E-state index in [0.717, 1.165) is 12.3 Å². The van der Waals surface area contributed by atoms with Crippen LogP contribution in [-0.4, -0.2) is 18.6 Å². The second kappa shape index (κ2) is 7.63. The lowest BCUT2D eigenvalue weighted by atomic mass is 9.85. The van der Waals surface area contributed by atoms with Gasteiger partial charge in [-0.05, 0) is 25.2 Å². The van der Waals surface area contributed by atoms with Crippen LogP contribution in [0.4, 0.5) is 0 Å². The van der Waals surface area contributed by atoms with Crippen LogP contribution in [0.15, 0.2) is 0 Å². The smallest absolute Gasteiger partial charge is 0.233 e. The van der Waals surface area contributed by atoms with Crippen molar-refractivity contribution in [1.82, 2.24) is 5.43 Å². The zero-order valence-electron chi connectivity index (χ0n) is 10.2. The first kappa shape index (κ1) is 13.5. The molecule has 0 aromatic carbocycles. The number of amides is 1. The van der Waals surface area contributed by atoms with Crippen molar-refractivity contribution in [3.8, 4) is 0 Å². The average molecular weight is 228 g/mol. The van der Waals surface area contributed by atoms with E-state index in [-0.39, 0.29) is 5.91 Å². The van der Waals surface area contributed by atoms with Crippen LogP contribution in [0.1, 0.15) is 51.9 Å². The molecule has 2 unspecified atom stereocenters. The van der Waals surface area contributed by atoms with Crippen molar-refractivity contribution in [3.63, 3.8) is 0 Å². The van der Waals surface area contributed by atoms with Crippen molar-refractivity contribution >= 4 is 5.91 Å². The molecule has 1 fully saturated rings. The van der Waals surface area contributed by atoms with Gasteiger partial charge in [-0.3, -0.25) is 10.2 Å². The van der Waals surface area contributed by atoms with Crippen molar-refractivity contribution < 1.29 is 9.53 Å². The lowest BCUT2D eigenvalue weighted by Crippen LogP contribution is -2.30. The summed E-state index contributed by atoms with van der Waals surface area (Å²) in [6.07, 6.45) is 7.91. The molecule has 3 N–H and O–H groups in total. The van der Waals surface area contributed by atoms with Gasteiger partial charge in [-0.2, -0.15) is 0 Å². The highest BCUT2D eigenvalue weighted by atomic mass is 16.5. The van der Waals surface area contributed by atoms with E-state index in [2.05, 4.69) is 12.3 Å². The van der Waals surface area contributed by atoms with E-state index in [0.29, 0.717) is 19.1 Å². The van der Waals surface area contributed by atoms with Crippen LogP contribution >= 0.6 is 0 Å². The summed E-state index contributed by atoms with van der Waals surface area (Å²) in [5, 5.41) is 0. The van der Waals surface area contributed by atoms with Gasteiger partial charge in [-0.25, -0.2) is 5.84 Å². The summed E-state index contributed by atoms with van der Waals surface area (Å²) in [6, 6.07) is 0. The van der Waals surface area contributed by atoms with E-state index in [1.54, 1.807) is 0 Å². The number of rotatable bonds is 6. The van der Waals surface area contributed by atoms with E-state index in [4.69, 9.17) is 10.6 Å². The van der Waals surface area contributed by atoms with Crippen molar-refractivity contribution in [2.45, 2.75) is 58.0 Å². The SMILES string of the molecule is CCC1CCCC(OCCCC(=O)NN)C1. The van der Waals surface area contributed by atoms with Gasteiger partial charge < -0.3 is 4.74 Å². The maximum absolute atomic E-state index is 10.9. The quantitative estimate of drug-likeness (QED) is 0.315. The number of carbonyl (C=O) groups excluding carboxylic acids is 1. The molecule has 0 spiro atoms. The van der Waals surface area contributed by atoms with Crippen LogP contribution in [0.3, 0.4) is 0 Å². The van der Waals surface area contributed by atoms with Crippen molar-refractivity contribution in [3.05, 3.63) is 0 Å². The van der Waals surface area contributed by atoms with Gasteiger partial charge >= 0.3 is 0 Å². The Labute approximate surface area is 97.9 Å². The maximum Gasteiger partial charge on any atom is 0.233 e. The second-order valence-corrected chi connectivity index (χ2v) is 4.60. The summed E-state index contributed by atoms with van der Waals surface area (Å²) < 4.78 is 5.79. The highest BCUT2D eigenvalue weighted by Crippen LogP contribution is 2.28. The monoisotopic (exact) mass is 228 g/mol. The van der Waals surface area contributed by atoms with E-state index < -0.39 is 0 Å². The van der Waals surface area contributed by atoms with Crippen LogP contribution in [0.25, 0.3) is 0 Å². The molecule has 4 heteroatoms. The summed E-state index contributed by atoms with van der Waals surface area (Å²) in [5.74, 6) is 5.72. The first-order chi connectivity index (χ1) is 7.76.